The van der Waals surface area contributed by atoms with E-state index >= 15 is 0 Å². The summed E-state index contributed by atoms with van der Waals surface area (Å²) in [4.78, 5) is 46.2. The Balaban J connectivity index is 1.82. The minimum Gasteiger partial charge on any atom is -0.481 e. The predicted molar refractivity (Wildman–Crippen MR) is 105 cm³/mol. The van der Waals surface area contributed by atoms with Crippen molar-refractivity contribution >= 4 is 45.2 Å². The minimum absolute atomic E-state index is 0.0722. The van der Waals surface area contributed by atoms with Crippen LogP contribution in [0.2, 0.25) is 0 Å². The van der Waals surface area contributed by atoms with Crippen molar-refractivity contribution in [3.05, 3.63) is 64.1 Å². The Kier molecular flexibility index (Phi) is 7.88. The lowest BCUT2D eigenvalue weighted by Crippen LogP contribution is -2.15. The van der Waals surface area contributed by atoms with Gasteiger partial charge in [-0.1, -0.05) is 28.1 Å². The number of anilines is 1. The summed E-state index contributed by atoms with van der Waals surface area (Å²) in [6.07, 6.45) is 0.267. The molecule has 0 spiro atoms. The van der Waals surface area contributed by atoms with Gasteiger partial charge in [0.1, 0.15) is 0 Å². The Hall–Kier alpha value is -3.00. The van der Waals surface area contributed by atoms with Crippen molar-refractivity contribution in [3.8, 4) is 0 Å². The maximum Gasteiger partial charge on any atom is 0.338 e. The average molecular weight is 448 g/mol. The number of aliphatic carboxylic acids is 1. The average Bonchev–Trinajstić information content (AvgIpc) is 2.66. The smallest absolute Gasteiger partial charge is 0.338 e. The van der Waals surface area contributed by atoms with Crippen molar-refractivity contribution in [2.24, 2.45) is 0 Å². The summed E-state index contributed by atoms with van der Waals surface area (Å²) >= 11 is 3.28. The number of hydrogen-bond acceptors (Lipinski definition) is 5. The molecule has 0 aliphatic carbocycles. The highest BCUT2D eigenvalue weighted by Crippen LogP contribution is 2.13. The first-order valence-electron chi connectivity index (χ1n) is 8.43. The third-order valence-electron chi connectivity index (χ3n) is 3.70. The number of carboxylic acids is 1. The Morgan fingerprint density at radius 1 is 0.893 bits per heavy atom. The Bertz CT molecular complexity index is 861. The summed E-state index contributed by atoms with van der Waals surface area (Å²) in [5.41, 5.74) is 1.16. The van der Waals surface area contributed by atoms with E-state index in [1.807, 2.05) is 0 Å². The van der Waals surface area contributed by atoms with Crippen LogP contribution in [0.5, 0.6) is 0 Å². The van der Waals surface area contributed by atoms with Gasteiger partial charge in [-0.15, -0.1) is 0 Å². The zero-order valence-corrected chi connectivity index (χ0v) is 16.4. The second-order valence-electron chi connectivity index (χ2n) is 5.88. The number of nitrogens with one attached hydrogen (secondary N) is 1. The number of halogens is 1. The standard InChI is InChI=1S/C20H18BrNO6/c21-15-8-4-13(5-9-15)17(23)12-28-20(27)14-6-10-16(11-7-14)22-18(24)2-1-3-19(25)26/h4-11H,1-3,12H2,(H,22,24)(H,25,26). The first kappa shape index (κ1) is 21.3. The number of Topliss-reactive ketones (excluding diaryl/α,β-unsaturated/α-hetero) is 1. The van der Waals surface area contributed by atoms with Gasteiger partial charge in [0.05, 0.1) is 5.56 Å². The molecule has 146 valence electrons. The van der Waals surface area contributed by atoms with E-state index in [0.717, 1.165) is 4.47 Å². The third-order valence-corrected chi connectivity index (χ3v) is 4.23. The van der Waals surface area contributed by atoms with Crippen LogP contribution in [-0.4, -0.2) is 35.3 Å². The SMILES string of the molecule is O=C(O)CCCC(=O)Nc1ccc(C(=O)OCC(=O)c2ccc(Br)cc2)cc1. The van der Waals surface area contributed by atoms with Crippen LogP contribution < -0.4 is 5.32 Å². The maximum absolute atomic E-state index is 12.0. The van der Waals surface area contributed by atoms with E-state index in [4.69, 9.17) is 9.84 Å². The molecule has 0 heterocycles. The van der Waals surface area contributed by atoms with Crippen molar-refractivity contribution in [2.75, 3.05) is 11.9 Å². The van der Waals surface area contributed by atoms with E-state index in [0.29, 0.717) is 11.3 Å². The lowest BCUT2D eigenvalue weighted by atomic mass is 10.1. The van der Waals surface area contributed by atoms with E-state index in [9.17, 15) is 19.2 Å². The van der Waals surface area contributed by atoms with Crippen molar-refractivity contribution in [1.29, 1.82) is 0 Å². The van der Waals surface area contributed by atoms with E-state index in [1.165, 1.54) is 24.3 Å². The summed E-state index contributed by atoms with van der Waals surface area (Å²) in [7, 11) is 0. The fourth-order valence-corrected chi connectivity index (χ4v) is 2.51. The van der Waals surface area contributed by atoms with Crippen LogP contribution in [0, 0.1) is 0 Å². The number of carboxylic acid groups (broad SMARTS) is 1. The first-order chi connectivity index (χ1) is 13.3. The molecule has 0 aliphatic rings. The molecule has 0 atom stereocenters. The summed E-state index contributed by atoms with van der Waals surface area (Å²) in [6, 6.07) is 12.7. The van der Waals surface area contributed by atoms with Gasteiger partial charge in [0, 0.05) is 28.6 Å². The van der Waals surface area contributed by atoms with Crippen molar-refractivity contribution in [2.45, 2.75) is 19.3 Å². The van der Waals surface area contributed by atoms with Crippen molar-refractivity contribution in [3.63, 3.8) is 0 Å². The molecule has 0 aromatic heterocycles. The number of carbonyl (C=O) groups excluding carboxylic acids is 3. The van der Waals surface area contributed by atoms with Crippen LogP contribution in [0.1, 0.15) is 40.0 Å². The Morgan fingerprint density at radius 3 is 2.11 bits per heavy atom. The van der Waals surface area contributed by atoms with E-state index < -0.39 is 11.9 Å². The molecule has 28 heavy (non-hydrogen) atoms. The molecule has 0 fully saturated rings. The lowest BCUT2D eigenvalue weighted by molar-refractivity contribution is -0.137. The number of esters is 1. The molecular weight excluding hydrogens is 430 g/mol. The molecule has 0 unspecified atom stereocenters. The molecule has 0 bridgehead atoms. The fraction of sp³-hybridized carbons (Fsp3) is 0.200. The zero-order valence-electron chi connectivity index (χ0n) is 14.8. The van der Waals surface area contributed by atoms with Gasteiger partial charge in [-0.05, 0) is 42.8 Å². The summed E-state index contributed by atoms with van der Waals surface area (Å²) < 4.78 is 5.87. The molecule has 8 heteroatoms. The molecule has 0 radical (unpaired) electrons. The summed E-state index contributed by atoms with van der Waals surface area (Å²) in [5.74, 6) is -2.22. The van der Waals surface area contributed by atoms with Crippen LogP contribution >= 0.6 is 15.9 Å². The topological polar surface area (TPSA) is 110 Å². The summed E-state index contributed by atoms with van der Waals surface area (Å²) in [6.45, 7) is -0.372. The number of rotatable bonds is 9. The molecular formula is C20H18BrNO6. The molecule has 2 N–H and O–H groups in total. The lowest BCUT2D eigenvalue weighted by Gasteiger charge is -2.07. The molecule has 0 saturated heterocycles. The van der Waals surface area contributed by atoms with Crippen LogP contribution in [-0.2, 0) is 14.3 Å². The molecule has 2 rings (SSSR count). The monoisotopic (exact) mass is 447 g/mol. The van der Waals surface area contributed by atoms with Crippen LogP contribution in [0.4, 0.5) is 5.69 Å². The van der Waals surface area contributed by atoms with Gasteiger partial charge in [0.2, 0.25) is 5.91 Å². The van der Waals surface area contributed by atoms with Gasteiger partial charge >= 0.3 is 11.9 Å². The molecule has 0 aliphatic heterocycles. The Morgan fingerprint density at radius 2 is 1.50 bits per heavy atom. The van der Waals surface area contributed by atoms with Gasteiger partial charge in [-0.2, -0.15) is 0 Å². The van der Waals surface area contributed by atoms with Crippen molar-refractivity contribution < 1.29 is 29.0 Å². The highest BCUT2D eigenvalue weighted by atomic mass is 79.9. The van der Waals surface area contributed by atoms with Gasteiger partial charge < -0.3 is 15.2 Å². The Labute approximate surface area is 169 Å². The van der Waals surface area contributed by atoms with Crippen LogP contribution in [0.15, 0.2) is 53.0 Å². The van der Waals surface area contributed by atoms with Gasteiger partial charge in [-0.3, -0.25) is 14.4 Å². The third kappa shape index (κ3) is 6.96. The van der Waals surface area contributed by atoms with Gasteiger partial charge in [-0.25, -0.2) is 4.79 Å². The number of ether oxygens (including phenoxy) is 1. The van der Waals surface area contributed by atoms with E-state index in [2.05, 4.69) is 21.2 Å². The quantitative estimate of drug-likeness (QED) is 0.448. The number of ketones is 1. The second-order valence-corrected chi connectivity index (χ2v) is 6.79. The van der Waals surface area contributed by atoms with E-state index in [1.54, 1.807) is 24.3 Å². The minimum atomic E-state index is -0.950. The number of carbonyl (C=O) groups is 4. The molecule has 2 aromatic carbocycles. The van der Waals surface area contributed by atoms with Crippen LogP contribution in [0.3, 0.4) is 0 Å². The van der Waals surface area contributed by atoms with Crippen LogP contribution in [0.25, 0.3) is 0 Å². The second kappa shape index (κ2) is 10.4. The molecule has 2 aromatic rings. The maximum atomic E-state index is 12.0. The normalized spacial score (nSPS) is 10.2. The van der Waals surface area contributed by atoms with E-state index in [-0.39, 0.29) is 43.1 Å². The number of hydrogen-bond donors (Lipinski definition) is 2. The number of benzene rings is 2. The molecule has 7 nitrogen and oxygen atoms in total. The zero-order chi connectivity index (χ0) is 20.5. The highest BCUT2D eigenvalue weighted by molar-refractivity contribution is 9.10. The van der Waals surface area contributed by atoms with Gasteiger partial charge in [0.25, 0.3) is 0 Å². The summed E-state index contributed by atoms with van der Waals surface area (Å²) in [5, 5.41) is 11.2. The first-order valence-corrected chi connectivity index (χ1v) is 9.22. The largest absolute Gasteiger partial charge is 0.481 e. The van der Waals surface area contributed by atoms with Crippen molar-refractivity contribution in [1.82, 2.24) is 0 Å². The predicted octanol–water partition coefficient (Wildman–Crippen LogP) is 3.68. The molecule has 1 amide bonds. The van der Waals surface area contributed by atoms with Gasteiger partial charge in [0.15, 0.2) is 12.4 Å². The fourth-order valence-electron chi connectivity index (χ4n) is 2.25. The number of amides is 1. The molecule has 0 saturated carbocycles. The highest BCUT2D eigenvalue weighted by Gasteiger charge is 2.12.